The Morgan fingerprint density at radius 1 is 1.00 bits per heavy atom. The summed E-state index contributed by atoms with van der Waals surface area (Å²) in [6.45, 7) is 7.86. The van der Waals surface area contributed by atoms with E-state index >= 15 is 0 Å². The van der Waals surface area contributed by atoms with Gasteiger partial charge in [-0.05, 0) is 74.2 Å². The van der Waals surface area contributed by atoms with Gasteiger partial charge in [0.1, 0.15) is 11.5 Å². The number of benzene rings is 2. The fraction of sp³-hybridized carbons (Fsp3) is 0.235. The van der Waals surface area contributed by atoms with Crippen LogP contribution in [0.5, 0.6) is 11.5 Å². The van der Waals surface area contributed by atoms with Crippen molar-refractivity contribution in [3.8, 4) is 11.5 Å². The van der Waals surface area contributed by atoms with Crippen LogP contribution in [0.4, 0.5) is 0 Å². The van der Waals surface area contributed by atoms with Crippen molar-refractivity contribution in [1.82, 2.24) is 0 Å². The number of ether oxygens (including phenoxy) is 1. The Labute approximate surface area is 118 Å². The van der Waals surface area contributed by atoms with E-state index in [-0.39, 0.29) is 0 Å². The summed E-state index contributed by atoms with van der Waals surface area (Å²) in [6.07, 6.45) is 0. The zero-order chi connectivity index (χ0) is 14.9. The molecule has 0 saturated carbocycles. The number of hydrogen-bond acceptors (Lipinski definition) is 2. The first-order chi connectivity index (χ1) is 9.38. The molecule has 1 N–H and O–H groups in total. The van der Waals surface area contributed by atoms with Gasteiger partial charge in [0.25, 0.3) is 0 Å². The van der Waals surface area contributed by atoms with Crippen LogP contribution in [-0.4, -0.2) is 11.1 Å². The van der Waals surface area contributed by atoms with E-state index in [1.54, 1.807) is 25.1 Å². The van der Waals surface area contributed by atoms with E-state index < -0.39 is 5.97 Å². The normalized spacial score (nSPS) is 10.4. The summed E-state index contributed by atoms with van der Waals surface area (Å²) in [7, 11) is 0. The smallest absolute Gasteiger partial charge is 0.335 e. The van der Waals surface area contributed by atoms with Crippen LogP contribution in [0.2, 0.25) is 0 Å². The molecule has 20 heavy (non-hydrogen) atoms. The van der Waals surface area contributed by atoms with Gasteiger partial charge in [0.05, 0.1) is 5.56 Å². The molecule has 0 spiro atoms. The number of aromatic carboxylic acids is 1. The van der Waals surface area contributed by atoms with Gasteiger partial charge in [-0.15, -0.1) is 0 Å². The molecule has 104 valence electrons. The number of rotatable bonds is 3. The van der Waals surface area contributed by atoms with Gasteiger partial charge in [0, 0.05) is 0 Å². The zero-order valence-electron chi connectivity index (χ0n) is 12.2. The van der Waals surface area contributed by atoms with Gasteiger partial charge in [-0.25, -0.2) is 4.79 Å². The van der Waals surface area contributed by atoms with Crippen molar-refractivity contribution >= 4 is 5.97 Å². The Morgan fingerprint density at radius 2 is 1.70 bits per heavy atom. The van der Waals surface area contributed by atoms with E-state index in [2.05, 4.69) is 6.07 Å². The summed E-state index contributed by atoms with van der Waals surface area (Å²) in [5, 5.41) is 9.02. The lowest BCUT2D eigenvalue weighted by Crippen LogP contribution is -2.00. The second-order valence-electron chi connectivity index (χ2n) is 5.09. The summed E-state index contributed by atoms with van der Waals surface area (Å²) >= 11 is 0. The van der Waals surface area contributed by atoms with E-state index in [0.717, 1.165) is 16.9 Å². The minimum Gasteiger partial charge on any atom is -0.478 e. The van der Waals surface area contributed by atoms with E-state index in [1.165, 1.54) is 5.56 Å². The Bertz CT molecular complexity index is 672. The standard InChI is InChI=1S/C17H18O3/c1-10-7-11(2)13(4)16(8-10)20-14-5-6-15(17(18)19)12(3)9-14/h5-9H,1-4H3,(H,18,19). The molecule has 3 nitrogen and oxygen atoms in total. The third-order valence-electron chi connectivity index (χ3n) is 3.42. The topological polar surface area (TPSA) is 46.5 Å². The van der Waals surface area contributed by atoms with Crippen molar-refractivity contribution in [3.05, 3.63) is 58.1 Å². The number of carboxylic acid groups (broad SMARTS) is 1. The highest BCUT2D eigenvalue weighted by Crippen LogP contribution is 2.29. The molecule has 0 aliphatic carbocycles. The number of carbonyl (C=O) groups is 1. The van der Waals surface area contributed by atoms with Gasteiger partial charge in [0.15, 0.2) is 0 Å². The van der Waals surface area contributed by atoms with E-state index in [9.17, 15) is 4.79 Å². The molecule has 0 radical (unpaired) electrons. The summed E-state index contributed by atoms with van der Waals surface area (Å²) in [5.41, 5.74) is 4.41. The largest absolute Gasteiger partial charge is 0.478 e. The molecule has 0 aromatic heterocycles. The van der Waals surface area contributed by atoms with Crippen LogP contribution in [0.1, 0.15) is 32.6 Å². The second-order valence-corrected chi connectivity index (χ2v) is 5.09. The van der Waals surface area contributed by atoms with Gasteiger partial charge < -0.3 is 9.84 Å². The minimum atomic E-state index is -0.920. The molecule has 0 bridgehead atoms. The first-order valence-corrected chi connectivity index (χ1v) is 6.48. The van der Waals surface area contributed by atoms with E-state index in [1.807, 2.05) is 26.8 Å². The molecular weight excluding hydrogens is 252 g/mol. The van der Waals surface area contributed by atoms with Crippen LogP contribution in [0.15, 0.2) is 30.3 Å². The van der Waals surface area contributed by atoms with Gasteiger partial charge in [0.2, 0.25) is 0 Å². The van der Waals surface area contributed by atoms with E-state index in [0.29, 0.717) is 16.9 Å². The molecule has 0 aliphatic rings. The first-order valence-electron chi connectivity index (χ1n) is 6.48. The van der Waals surface area contributed by atoms with Crippen molar-refractivity contribution in [3.63, 3.8) is 0 Å². The fourth-order valence-electron chi connectivity index (χ4n) is 2.17. The van der Waals surface area contributed by atoms with Crippen LogP contribution in [-0.2, 0) is 0 Å². The molecule has 0 atom stereocenters. The highest BCUT2D eigenvalue weighted by Gasteiger charge is 2.10. The number of hydrogen-bond donors (Lipinski definition) is 1. The average molecular weight is 270 g/mol. The molecule has 2 aromatic rings. The van der Waals surface area contributed by atoms with Crippen LogP contribution in [0.25, 0.3) is 0 Å². The van der Waals surface area contributed by atoms with Crippen LogP contribution >= 0.6 is 0 Å². The van der Waals surface area contributed by atoms with Crippen LogP contribution in [0, 0.1) is 27.7 Å². The maximum Gasteiger partial charge on any atom is 0.335 e. The van der Waals surface area contributed by atoms with Gasteiger partial charge in [-0.3, -0.25) is 0 Å². The van der Waals surface area contributed by atoms with Gasteiger partial charge in [-0.2, -0.15) is 0 Å². The molecule has 0 fully saturated rings. The molecule has 0 unspecified atom stereocenters. The van der Waals surface area contributed by atoms with Crippen molar-refractivity contribution in [1.29, 1.82) is 0 Å². The highest BCUT2D eigenvalue weighted by atomic mass is 16.5. The zero-order valence-corrected chi connectivity index (χ0v) is 12.2. The molecule has 2 rings (SSSR count). The third kappa shape index (κ3) is 2.82. The molecule has 0 aliphatic heterocycles. The molecule has 0 saturated heterocycles. The summed E-state index contributed by atoms with van der Waals surface area (Å²) in [5.74, 6) is 0.544. The average Bonchev–Trinajstić information content (AvgIpc) is 2.35. The summed E-state index contributed by atoms with van der Waals surface area (Å²) in [4.78, 5) is 11.0. The molecule has 3 heteroatoms. The summed E-state index contributed by atoms with van der Waals surface area (Å²) in [6, 6.07) is 9.11. The van der Waals surface area contributed by atoms with Crippen molar-refractivity contribution in [2.75, 3.05) is 0 Å². The second kappa shape index (κ2) is 5.37. The molecule has 2 aromatic carbocycles. The van der Waals surface area contributed by atoms with Crippen molar-refractivity contribution in [2.24, 2.45) is 0 Å². The lowest BCUT2D eigenvalue weighted by atomic mass is 10.1. The lowest BCUT2D eigenvalue weighted by Gasteiger charge is -2.13. The SMILES string of the molecule is Cc1cc(C)c(C)c(Oc2ccc(C(=O)O)c(C)c2)c1. The summed E-state index contributed by atoms with van der Waals surface area (Å²) < 4.78 is 5.89. The van der Waals surface area contributed by atoms with E-state index in [4.69, 9.17) is 9.84 Å². The Kier molecular flexibility index (Phi) is 3.79. The fourth-order valence-corrected chi connectivity index (χ4v) is 2.17. The number of aryl methyl sites for hydroxylation is 3. The van der Waals surface area contributed by atoms with Crippen molar-refractivity contribution < 1.29 is 14.6 Å². The third-order valence-corrected chi connectivity index (χ3v) is 3.42. The van der Waals surface area contributed by atoms with Crippen LogP contribution < -0.4 is 4.74 Å². The van der Waals surface area contributed by atoms with Gasteiger partial charge >= 0.3 is 5.97 Å². The first kappa shape index (κ1) is 14.1. The molecule has 0 amide bonds. The van der Waals surface area contributed by atoms with Crippen LogP contribution in [0.3, 0.4) is 0 Å². The highest BCUT2D eigenvalue weighted by molar-refractivity contribution is 5.89. The quantitative estimate of drug-likeness (QED) is 0.898. The predicted octanol–water partition coefficient (Wildman–Crippen LogP) is 4.41. The molecular formula is C17H18O3. The predicted molar refractivity (Wildman–Crippen MR) is 78.9 cm³/mol. The van der Waals surface area contributed by atoms with Gasteiger partial charge in [-0.1, -0.05) is 6.07 Å². The van der Waals surface area contributed by atoms with Crippen molar-refractivity contribution in [2.45, 2.75) is 27.7 Å². The maximum atomic E-state index is 11.0. The monoisotopic (exact) mass is 270 g/mol. The lowest BCUT2D eigenvalue weighted by molar-refractivity contribution is 0.0696. The minimum absolute atomic E-state index is 0.300. The Morgan fingerprint density at radius 3 is 2.30 bits per heavy atom. The maximum absolute atomic E-state index is 11.0. The molecule has 0 heterocycles. The Hall–Kier alpha value is -2.29. The number of carboxylic acids is 1. The Balaban J connectivity index is 2.36.